The van der Waals surface area contributed by atoms with Crippen LogP contribution >= 0.6 is 11.6 Å². The highest BCUT2D eigenvalue weighted by atomic mass is 35.5. The fourth-order valence-electron chi connectivity index (χ4n) is 3.63. The van der Waals surface area contributed by atoms with Gasteiger partial charge in [0.25, 0.3) is 5.91 Å². The first-order valence-electron chi connectivity index (χ1n) is 10.1. The van der Waals surface area contributed by atoms with Crippen molar-refractivity contribution in [3.8, 4) is 5.75 Å². The van der Waals surface area contributed by atoms with Crippen molar-refractivity contribution < 1.29 is 24.5 Å². The number of carbonyl (C=O) groups excluding carboxylic acids is 1. The van der Waals surface area contributed by atoms with Crippen molar-refractivity contribution in [2.24, 2.45) is 7.05 Å². The highest BCUT2D eigenvalue weighted by Crippen LogP contribution is 2.34. The Morgan fingerprint density at radius 2 is 1.69 bits per heavy atom. The molecule has 8 heteroatoms. The largest absolute Gasteiger partial charge is 0.495 e. The number of hydrogen-bond acceptors (Lipinski definition) is 4. The standard InChI is InChI=1S/C24H27ClN2O5/c1-23(2,22(30)31)14-6-8-15(9-7-14)24(3,13-28)26-21(29)18-12-16-17(27(18)4)10-11-19(32-5)20(16)25/h6-12,28H,13H2,1-5H3,(H,26,29)(H,30,31)/t24-/m0/s1. The first-order chi connectivity index (χ1) is 15.0. The molecule has 32 heavy (non-hydrogen) atoms. The van der Waals surface area contributed by atoms with Crippen LogP contribution in [0.5, 0.6) is 5.75 Å². The van der Waals surface area contributed by atoms with Gasteiger partial charge in [-0.25, -0.2) is 0 Å². The lowest BCUT2D eigenvalue weighted by atomic mass is 9.82. The lowest BCUT2D eigenvalue weighted by Crippen LogP contribution is -2.46. The molecule has 170 valence electrons. The maximum atomic E-state index is 13.2. The van der Waals surface area contributed by atoms with Crippen molar-refractivity contribution in [3.05, 3.63) is 64.3 Å². The number of carboxylic acids is 1. The zero-order valence-corrected chi connectivity index (χ0v) is 19.4. The maximum absolute atomic E-state index is 13.2. The first kappa shape index (κ1) is 23.6. The normalized spacial score (nSPS) is 13.6. The van der Waals surface area contributed by atoms with Gasteiger partial charge in [-0.1, -0.05) is 35.9 Å². The molecule has 0 radical (unpaired) electrons. The number of aliphatic carboxylic acids is 1. The quantitative estimate of drug-likeness (QED) is 0.499. The summed E-state index contributed by atoms with van der Waals surface area (Å²) < 4.78 is 6.98. The van der Waals surface area contributed by atoms with Gasteiger partial charge in [0.2, 0.25) is 0 Å². The number of aromatic nitrogens is 1. The number of aliphatic hydroxyl groups excluding tert-OH is 1. The summed E-state index contributed by atoms with van der Waals surface area (Å²) in [7, 11) is 3.29. The van der Waals surface area contributed by atoms with Gasteiger partial charge in [0.1, 0.15) is 11.4 Å². The number of carboxylic acid groups (broad SMARTS) is 1. The van der Waals surface area contributed by atoms with Gasteiger partial charge >= 0.3 is 5.97 Å². The average Bonchev–Trinajstić information content (AvgIpc) is 3.11. The predicted octanol–water partition coefficient (Wildman–Crippen LogP) is 3.84. The Bertz CT molecular complexity index is 1180. The maximum Gasteiger partial charge on any atom is 0.313 e. The molecule has 0 aliphatic heterocycles. The molecular formula is C24H27ClN2O5. The van der Waals surface area contributed by atoms with Crippen LogP contribution in [0, 0.1) is 0 Å². The van der Waals surface area contributed by atoms with Gasteiger partial charge in [-0.15, -0.1) is 0 Å². The number of ether oxygens (including phenoxy) is 1. The zero-order chi connectivity index (χ0) is 23.8. The minimum absolute atomic E-state index is 0.348. The molecule has 7 nitrogen and oxygen atoms in total. The van der Waals surface area contributed by atoms with Crippen molar-refractivity contribution in [2.75, 3.05) is 13.7 Å². The summed E-state index contributed by atoms with van der Waals surface area (Å²) in [5.41, 5.74) is 0.279. The van der Waals surface area contributed by atoms with E-state index in [2.05, 4.69) is 5.32 Å². The summed E-state index contributed by atoms with van der Waals surface area (Å²) in [6.07, 6.45) is 0. The summed E-state index contributed by atoms with van der Waals surface area (Å²) in [6, 6.07) is 12.1. The van der Waals surface area contributed by atoms with E-state index < -0.39 is 16.9 Å². The summed E-state index contributed by atoms with van der Waals surface area (Å²) in [5, 5.41) is 23.6. The molecule has 3 rings (SSSR count). The number of amides is 1. The second-order valence-corrected chi connectivity index (χ2v) is 8.93. The monoisotopic (exact) mass is 458 g/mol. The van der Waals surface area contributed by atoms with Crippen LogP contribution in [0.3, 0.4) is 0 Å². The third kappa shape index (κ3) is 3.94. The molecule has 0 saturated carbocycles. The molecule has 1 amide bonds. The molecule has 1 heterocycles. The van der Waals surface area contributed by atoms with E-state index in [9.17, 15) is 19.8 Å². The minimum atomic E-state index is -1.08. The van der Waals surface area contributed by atoms with Crippen molar-refractivity contribution in [1.29, 1.82) is 0 Å². The highest BCUT2D eigenvalue weighted by molar-refractivity contribution is 6.37. The van der Waals surface area contributed by atoms with E-state index in [1.165, 1.54) is 7.11 Å². The summed E-state index contributed by atoms with van der Waals surface area (Å²) in [5.74, 6) is -0.805. The number of halogens is 1. The Kier molecular flexibility index (Phi) is 6.26. The van der Waals surface area contributed by atoms with Gasteiger partial charge in [0.05, 0.1) is 35.2 Å². The number of nitrogens with zero attached hydrogens (tertiary/aromatic N) is 1. The smallest absolute Gasteiger partial charge is 0.313 e. The second-order valence-electron chi connectivity index (χ2n) is 8.56. The first-order valence-corrected chi connectivity index (χ1v) is 10.4. The molecule has 1 atom stereocenters. The SMILES string of the molecule is COc1ccc2c(cc(C(=O)N[C@@](C)(CO)c3ccc(C(C)(C)C(=O)O)cc3)n2C)c1Cl. The number of carbonyl (C=O) groups is 2. The number of fused-ring (bicyclic) bond motifs is 1. The number of aliphatic hydroxyl groups is 1. The summed E-state index contributed by atoms with van der Waals surface area (Å²) in [6.45, 7) is 4.61. The van der Waals surface area contributed by atoms with Crippen LogP contribution in [0.25, 0.3) is 10.9 Å². The van der Waals surface area contributed by atoms with Gasteiger partial charge in [0.15, 0.2) is 0 Å². The third-order valence-electron chi connectivity index (χ3n) is 6.06. The predicted molar refractivity (Wildman–Crippen MR) is 123 cm³/mol. The van der Waals surface area contributed by atoms with E-state index in [1.54, 1.807) is 68.8 Å². The van der Waals surface area contributed by atoms with Crippen molar-refractivity contribution >= 4 is 34.4 Å². The topological polar surface area (TPSA) is 101 Å². The van der Waals surface area contributed by atoms with Crippen molar-refractivity contribution in [3.63, 3.8) is 0 Å². The van der Waals surface area contributed by atoms with Crippen LogP contribution in [-0.2, 0) is 22.8 Å². The Morgan fingerprint density at radius 3 is 2.22 bits per heavy atom. The number of methoxy groups -OCH3 is 1. The number of aryl methyl sites for hydroxylation is 1. The molecule has 0 fully saturated rings. The van der Waals surface area contributed by atoms with Crippen LogP contribution in [0.15, 0.2) is 42.5 Å². The molecule has 0 aliphatic carbocycles. The van der Waals surface area contributed by atoms with E-state index in [4.69, 9.17) is 16.3 Å². The van der Waals surface area contributed by atoms with Crippen LogP contribution < -0.4 is 10.1 Å². The molecule has 0 spiro atoms. The molecule has 3 N–H and O–H groups in total. The minimum Gasteiger partial charge on any atom is -0.495 e. The van der Waals surface area contributed by atoms with Crippen LogP contribution in [0.4, 0.5) is 0 Å². The van der Waals surface area contributed by atoms with Gasteiger partial charge in [0, 0.05) is 12.4 Å². The van der Waals surface area contributed by atoms with Gasteiger partial charge in [-0.3, -0.25) is 9.59 Å². The Morgan fingerprint density at radius 1 is 1.09 bits per heavy atom. The zero-order valence-electron chi connectivity index (χ0n) is 18.7. The van der Waals surface area contributed by atoms with E-state index >= 15 is 0 Å². The molecule has 3 aromatic rings. The molecule has 0 unspecified atom stereocenters. The average molecular weight is 459 g/mol. The van der Waals surface area contributed by atoms with Crippen molar-refractivity contribution in [1.82, 2.24) is 9.88 Å². The van der Waals surface area contributed by atoms with Crippen LogP contribution in [0.2, 0.25) is 5.02 Å². The lowest BCUT2D eigenvalue weighted by molar-refractivity contribution is -0.142. The second kappa shape index (κ2) is 8.48. The van der Waals surface area contributed by atoms with E-state index in [1.807, 2.05) is 6.07 Å². The van der Waals surface area contributed by atoms with Gasteiger partial charge < -0.3 is 24.8 Å². The van der Waals surface area contributed by atoms with Gasteiger partial charge in [-0.2, -0.15) is 0 Å². The Balaban J connectivity index is 1.94. The fraction of sp³-hybridized carbons (Fsp3) is 0.333. The number of nitrogens with one attached hydrogen (secondary N) is 1. The molecular weight excluding hydrogens is 432 g/mol. The molecule has 0 bridgehead atoms. The molecule has 0 saturated heterocycles. The van der Waals surface area contributed by atoms with E-state index in [-0.39, 0.29) is 12.5 Å². The molecule has 2 aromatic carbocycles. The number of hydrogen-bond donors (Lipinski definition) is 3. The fourth-order valence-corrected chi connectivity index (χ4v) is 3.92. The van der Waals surface area contributed by atoms with Gasteiger partial charge in [-0.05, 0) is 50.1 Å². The lowest BCUT2D eigenvalue weighted by Gasteiger charge is -2.30. The number of benzene rings is 2. The highest BCUT2D eigenvalue weighted by Gasteiger charge is 2.32. The molecule has 1 aromatic heterocycles. The third-order valence-corrected chi connectivity index (χ3v) is 6.45. The number of rotatable bonds is 7. The van der Waals surface area contributed by atoms with E-state index in [0.717, 1.165) is 5.52 Å². The Labute approximate surface area is 191 Å². The van der Waals surface area contributed by atoms with Crippen LogP contribution in [0.1, 0.15) is 42.4 Å². The van der Waals surface area contributed by atoms with Crippen LogP contribution in [-0.4, -0.2) is 40.4 Å². The van der Waals surface area contributed by atoms with Crippen molar-refractivity contribution in [2.45, 2.75) is 31.7 Å². The summed E-state index contributed by atoms with van der Waals surface area (Å²) in [4.78, 5) is 24.7. The summed E-state index contributed by atoms with van der Waals surface area (Å²) >= 11 is 6.41. The Hall–Kier alpha value is -3.03. The van der Waals surface area contributed by atoms with E-state index in [0.29, 0.717) is 33.0 Å². The molecule has 0 aliphatic rings.